The fourth-order valence-electron chi connectivity index (χ4n) is 6.39. The molecule has 29 heavy (non-hydrogen) atoms. The van der Waals surface area contributed by atoms with E-state index in [0.29, 0.717) is 17.3 Å². The molecule has 2 aliphatic heterocycles. The molecule has 0 aromatic carbocycles. The SMILES string of the molecule is C=C1C(C2(C)CCCCC2)C2CC1C1(O[Si](C)(C)C(C)(C)C)CC(OC)OC1O2. The zero-order valence-electron chi connectivity index (χ0n) is 19.7. The van der Waals surface area contributed by atoms with Crippen molar-refractivity contribution in [3.8, 4) is 0 Å². The molecule has 4 fully saturated rings. The standard InChI is InChI=1S/C24H42O4Si/c1-16-17-14-18(20(16)23(5)12-10-9-11-13-23)26-21-24(17,15-19(25-6)27-21)28-29(7,8)22(2,3)4/h17-21H,1,9-15H2,2-8H3. The molecule has 4 nitrogen and oxygen atoms in total. The molecule has 2 heterocycles. The molecule has 0 amide bonds. The summed E-state index contributed by atoms with van der Waals surface area (Å²) in [6.07, 6.45) is 7.93. The Morgan fingerprint density at radius 3 is 2.34 bits per heavy atom. The van der Waals surface area contributed by atoms with Gasteiger partial charge in [-0.3, -0.25) is 0 Å². The van der Waals surface area contributed by atoms with Gasteiger partial charge in [0.2, 0.25) is 0 Å². The Kier molecular flexibility index (Phi) is 5.43. The van der Waals surface area contributed by atoms with Gasteiger partial charge in [-0.2, -0.15) is 0 Å². The summed E-state index contributed by atoms with van der Waals surface area (Å²) in [5, 5.41) is 0.128. The fourth-order valence-corrected chi connectivity index (χ4v) is 7.97. The highest BCUT2D eigenvalue weighted by Crippen LogP contribution is 2.63. The Labute approximate surface area is 178 Å². The van der Waals surface area contributed by atoms with Crippen LogP contribution in [0.2, 0.25) is 18.1 Å². The number of methoxy groups -OCH3 is 1. The molecule has 4 rings (SSSR count). The number of hydrogen-bond donors (Lipinski definition) is 0. The van der Waals surface area contributed by atoms with Gasteiger partial charge in [-0.05, 0) is 42.8 Å². The second-order valence-corrected chi connectivity index (χ2v) is 16.6. The number of rotatable bonds is 4. The van der Waals surface area contributed by atoms with E-state index in [-0.39, 0.29) is 23.7 Å². The van der Waals surface area contributed by atoms with Crippen LogP contribution in [0.15, 0.2) is 12.2 Å². The Hall–Kier alpha value is -0.203. The van der Waals surface area contributed by atoms with Gasteiger partial charge < -0.3 is 18.6 Å². The van der Waals surface area contributed by atoms with E-state index in [0.717, 1.165) is 12.8 Å². The van der Waals surface area contributed by atoms with Crippen molar-refractivity contribution in [3.05, 3.63) is 12.2 Å². The van der Waals surface area contributed by atoms with E-state index in [1.54, 1.807) is 7.11 Å². The predicted octanol–water partition coefficient (Wildman–Crippen LogP) is 6.03. The van der Waals surface area contributed by atoms with E-state index in [9.17, 15) is 0 Å². The van der Waals surface area contributed by atoms with Gasteiger partial charge in [-0.1, -0.05) is 59.1 Å². The van der Waals surface area contributed by atoms with Gasteiger partial charge in [0.25, 0.3) is 0 Å². The van der Waals surface area contributed by atoms with Crippen LogP contribution >= 0.6 is 0 Å². The smallest absolute Gasteiger partial charge is 0.193 e. The maximum Gasteiger partial charge on any atom is 0.193 e. The highest BCUT2D eigenvalue weighted by Gasteiger charge is 2.67. The summed E-state index contributed by atoms with van der Waals surface area (Å²) in [7, 11) is -0.313. The number of ether oxygens (including phenoxy) is 3. The molecule has 2 saturated carbocycles. The molecular weight excluding hydrogens is 380 g/mol. The number of fused-ring (bicyclic) bond motifs is 4. The van der Waals surface area contributed by atoms with Gasteiger partial charge in [0.1, 0.15) is 5.60 Å². The lowest BCUT2D eigenvalue weighted by atomic mass is 9.64. The normalized spacial score (nSPS) is 42.2. The average Bonchev–Trinajstić information content (AvgIpc) is 3.12. The minimum absolute atomic E-state index is 0.128. The average molecular weight is 423 g/mol. The first-order chi connectivity index (χ1) is 13.4. The van der Waals surface area contributed by atoms with Crippen molar-refractivity contribution >= 4 is 8.32 Å². The van der Waals surface area contributed by atoms with Gasteiger partial charge in [0, 0.05) is 25.4 Å². The summed E-state index contributed by atoms with van der Waals surface area (Å²) in [6, 6.07) is 0. The van der Waals surface area contributed by atoms with Crippen molar-refractivity contribution in [2.24, 2.45) is 17.3 Å². The molecule has 0 N–H and O–H groups in total. The van der Waals surface area contributed by atoms with Crippen molar-refractivity contribution in [2.75, 3.05) is 7.11 Å². The summed E-state index contributed by atoms with van der Waals surface area (Å²) in [6.45, 7) is 18.8. The second kappa shape index (κ2) is 7.16. The van der Waals surface area contributed by atoms with Crippen LogP contribution in [0.1, 0.15) is 72.6 Å². The van der Waals surface area contributed by atoms with Crippen molar-refractivity contribution in [1.82, 2.24) is 0 Å². The molecule has 0 spiro atoms. The summed E-state index contributed by atoms with van der Waals surface area (Å²) < 4.78 is 25.9. The molecular formula is C24H42O4Si. The molecule has 6 unspecified atom stereocenters. The van der Waals surface area contributed by atoms with Gasteiger partial charge in [-0.15, -0.1) is 0 Å². The molecule has 4 aliphatic rings. The monoisotopic (exact) mass is 422 g/mol. The Morgan fingerprint density at radius 1 is 1.10 bits per heavy atom. The van der Waals surface area contributed by atoms with E-state index < -0.39 is 13.9 Å². The van der Waals surface area contributed by atoms with Gasteiger partial charge in [-0.25, -0.2) is 0 Å². The first kappa shape index (κ1) is 22.0. The molecule has 6 atom stereocenters. The van der Waals surface area contributed by atoms with Gasteiger partial charge in [0.05, 0.1) is 6.10 Å². The van der Waals surface area contributed by atoms with Crippen LogP contribution in [0.25, 0.3) is 0 Å². The van der Waals surface area contributed by atoms with Crippen LogP contribution in [0.5, 0.6) is 0 Å². The summed E-state index contributed by atoms with van der Waals surface area (Å²) in [5.74, 6) is 0.715. The van der Waals surface area contributed by atoms with E-state index in [2.05, 4.69) is 40.8 Å². The quantitative estimate of drug-likeness (QED) is 0.409. The van der Waals surface area contributed by atoms with Crippen molar-refractivity contribution in [3.63, 3.8) is 0 Å². The zero-order chi connectivity index (χ0) is 21.2. The first-order valence-corrected chi connectivity index (χ1v) is 14.6. The van der Waals surface area contributed by atoms with Crippen molar-refractivity contribution < 1.29 is 18.6 Å². The maximum absolute atomic E-state index is 7.20. The molecule has 5 heteroatoms. The van der Waals surface area contributed by atoms with Crippen LogP contribution in [-0.2, 0) is 18.6 Å². The lowest BCUT2D eigenvalue weighted by Crippen LogP contribution is -2.59. The van der Waals surface area contributed by atoms with E-state index in [1.807, 2.05) is 0 Å². The number of hydrogen-bond acceptors (Lipinski definition) is 4. The second-order valence-electron chi connectivity index (χ2n) is 11.9. The topological polar surface area (TPSA) is 36.9 Å². The van der Waals surface area contributed by atoms with Gasteiger partial charge in [0.15, 0.2) is 20.9 Å². The van der Waals surface area contributed by atoms with E-state index in [1.165, 1.54) is 37.7 Å². The Balaban J connectivity index is 1.69. The minimum Gasteiger partial charge on any atom is -0.405 e. The summed E-state index contributed by atoms with van der Waals surface area (Å²) in [5.41, 5.74) is 1.20. The highest BCUT2D eigenvalue weighted by atomic mass is 28.4. The van der Waals surface area contributed by atoms with Crippen LogP contribution < -0.4 is 0 Å². The molecule has 0 aromatic rings. The lowest BCUT2D eigenvalue weighted by Gasteiger charge is -2.49. The van der Waals surface area contributed by atoms with Crippen molar-refractivity contribution in [2.45, 2.75) is 115 Å². The molecule has 166 valence electrons. The summed E-state index contributed by atoms with van der Waals surface area (Å²) in [4.78, 5) is 0. The lowest BCUT2D eigenvalue weighted by molar-refractivity contribution is -0.270. The molecule has 0 radical (unpaired) electrons. The summed E-state index contributed by atoms with van der Waals surface area (Å²) >= 11 is 0. The van der Waals surface area contributed by atoms with E-state index >= 15 is 0 Å². The minimum atomic E-state index is -2.04. The maximum atomic E-state index is 7.20. The third-order valence-electron chi connectivity index (χ3n) is 9.00. The Bertz CT molecular complexity index is 648. The Morgan fingerprint density at radius 2 is 1.76 bits per heavy atom. The molecule has 2 saturated heterocycles. The van der Waals surface area contributed by atoms with Crippen molar-refractivity contribution in [1.29, 1.82) is 0 Å². The van der Waals surface area contributed by atoms with Crippen LogP contribution in [0, 0.1) is 17.3 Å². The molecule has 2 aliphatic carbocycles. The first-order valence-electron chi connectivity index (χ1n) is 11.7. The zero-order valence-corrected chi connectivity index (χ0v) is 20.7. The molecule has 0 aromatic heterocycles. The fraction of sp³-hybridized carbons (Fsp3) is 0.917. The van der Waals surface area contributed by atoms with Crippen LogP contribution in [-0.4, -0.2) is 39.7 Å². The third kappa shape index (κ3) is 3.40. The largest absolute Gasteiger partial charge is 0.405 e. The molecule has 2 bridgehead atoms. The van der Waals surface area contributed by atoms with E-state index in [4.69, 9.17) is 25.2 Å². The van der Waals surface area contributed by atoms with Crippen LogP contribution in [0.4, 0.5) is 0 Å². The third-order valence-corrected chi connectivity index (χ3v) is 13.5. The van der Waals surface area contributed by atoms with Crippen LogP contribution in [0.3, 0.4) is 0 Å². The van der Waals surface area contributed by atoms with Gasteiger partial charge >= 0.3 is 0 Å². The predicted molar refractivity (Wildman–Crippen MR) is 118 cm³/mol. The highest BCUT2D eigenvalue weighted by molar-refractivity contribution is 6.74.